The maximum absolute atomic E-state index is 12.5. The molecule has 4 heteroatoms. The minimum atomic E-state index is 0.00875. The first kappa shape index (κ1) is 13.8. The molecule has 2 fully saturated rings. The fraction of sp³-hybridized carbons (Fsp3) is 0.929. The minimum Gasteiger partial charge on any atom is -0.341 e. The quantitative estimate of drug-likeness (QED) is 0.804. The van der Waals surface area contributed by atoms with Gasteiger partial charge in [-0.2, -0.15) is 0 Å². The third-order valence-corrected chi connectivity index (χ3v) is 4.31. The van der Waals surface area contributed by atoms with E-state index in [-0.39, 0.29) is 12.1 Å². The van der Waals surface area contributed by atoms with Gasteiger partial charge in [-0.15, -0.1) is 0 Å². The topological polar surface area (TPSA) is 49.6 Å². The highest BCUT2D eigenvalue weighted by atomic mass is 16.2. The molecule has 0 aliphatic carbocycles. The molecular formula is C14H27N3O. The summed E-state index contributed by atoms with van der Waals surface area (Å²) in [7, 11) is 0. The number of amides is 1. The molecule has 2 aliphatic heterocycles. The van der Waals surface area contributed by atoms with Crippen molar-refractivity contribution in [2.75, 3.05) is 26.2 Å². The lowest BCUT2D eigenvalue weighted by Gasteiger charge is -2.36. The van der Waals surface area contributed by atoms with Crippen molar-refractivity contribution in [3.05, 3.63) is 0 Å². The Morgan fingerprint density at radius 2 is 1.78 bits per heavy atom. The molecule has 2 saturated heterocycles. The molecule has 2 rings (SSSR count). The van der Waals surface area contributed by atoms with Gasteiger partial charge in [-0.3, -0.25) is 9.69 Å². The van der Waals surface area contributed by atoms with Crippen LogP contribution >= 0.6 is 0 Å². The molecule has 1 amide bonds. The number of nitrogens with two attached hydrogens (primary N) is 1. The fourth-order valence-electron chi connectivity index (χ4n) is 3.10. The van der Waals surface area contributed by atoms with Gasteiger partial charge in [0.2, 0.25) is 5.91 Å². The van der Waals surface area contributed by atoms with Crippen LogP contribution in [-0.4, -0.2) is 54.0 Å². The van der Waals surface area contributed by atoms with Crippen LogP contribution in [0.25, 0.3) is 0 Å². The summed E-state index contributed by atoms with van der Waals surface area (Å²) in [6.45, 7) is 5.84. The zero-order chi connectivity index (χ0) is 13.0. The monoisotopic (exact) mass is 253 g/mol. The summed E-state index contributed by atoms with van der Waals surface area (Å²) in [5, 5.41) is 0. The third kappa shape index (κ3) is 3.45. The van der Waals surface area contributed by atoms with Crippen LogP contribution in [-0.2, 0) is 4.79 Å². The van der Waals surface area contributed by atoms with Crippen LogP contribution in [0.1, 0.15) is 45.4 Å². The van der Waals surface area contributed by atoms with Crippen LogP contribution in [0.15, 0.2) is 0 Å². The predicted molar refractivity (Wildman–Crippen MR) is 73.3 cm³/mol. The van der Waals surface area contributed by atoms with Crippen LogP contribution in [0.5, 0.6) is 0 Å². The van der Waals surface area contributed by atoms with Crippen LogP contribution in [0.4, 0.5) is 0 Å². The van der Waals surface area contributed by atoms with E-state index in [2.05, 4.69) is 9.80 Å². The van der Waals surface area contributed by atoms with Gasteiger partial charge in [-0.05, 0) is 39.2 Å². The molecule has 0 bridgehead atoms. The molecular weight excluding hydrogens is 226 g/mol. The van der Waals surface area contributed by atoms with Crippen molar-refractivity contribution < 1.29 is 4.79 Å². The predicted octanol–water partition coefficient (Wildman–Crippen LogP) is 1.20. The Balaban J connectivity index is 1.90. The van der Waals surface area contributed by atoms with E-state index in [9.17, 15) is 4.79 Å². The summed E-state index contributed by atoms with van der Waals surface area (Å²) < 4.78 is 0. The Hall–Kier alpha value is -0.610. The summed E-state index contributed by atoms with van der Waals surface area (Å²) in [5.74, 6) is 0.311. The number of piperidine rings is 1. The molecule has 2 aliphatic rings. The molecule has 4 nitrogen and oxygen atoms in total. The molecule has 2 atom stereocenters. The smallest absolute Gasteiger partial charge is 0.239 e. The Morgan fingerprint density at radius 1 is 1.11 bits per heavy atom. The number of likely N-dealkylation sites (tertiary alicyclic amines) is 2. The van der Waals surface area contributed by atoms with E-state index in [1.165, 1.54) is 12.8 Å². The van der Waals surface area contributed by atoms with Crippen molar-refractivity contribution in [3.63, 3.8) is 0 Å². The molecule has 0 saturated carbocycles. The van der Waals surface area contributed by atoms with E-state index in [0.717, 1.165) is 51.9 Å². The Labute approximate surface area is 110 Å². The number of hydrogen-bond acceptors (Lipinski definition) is 3. The molecule has 0 aromatic carbocycles. The fourth-order valence-corrected chi connectivity index (χ4v) is 3.10. The van der Waals surface area contributed by atoms with E-state index in [1.54, 1.807) is 0 Å². The highest BCUT2D eigenvalue weighted by Gasteiger charge is 2.29. The Bertz CT molecular complexity index is 274. The van der Waals surface area contributed by atoms with E-state index >= 15 is 0 Å². The molecule has 0 spiro atoms. The first-order valence-electron chi connectivity index (χ1n) is 7.47. The first-order valence-corrected chi connectivity index (χ1v) is 7.47. The van der Waals surface area contributed by atoms with Crippen molar-refractivity contribution in [1.29, 1.82) is 0 Å². The summed E-state index contributed by atoms with van der Waals surface area (Å²) in [6.07, 6.45) is 7.09. The van der Waals surface area contributed by atoms with Crippen molar-refractivity contribution >= 4 is 5.91 Å². The van der Waals surface area contributed by atoms with Crippen molar-refractivity contribution in [2.45, 2.75) is 57.5 Å². The Kier molecular flexibility index (Phi) is 5.01. The molecule has 2 heterocycles. The lowest BCUT2D eigenvalue weighted by atomic mass is 10.0. The van der Waals surface area contributed by atoms with E-state index in [0.29, 0.717) is 5.91 Å². The summed E-state index contributed by atoms with van der Waals surface area (Å²) in [5.41, 5.74) is 6.00. The van der Waals surface area contributed by atoms with Gasteiger partial charge in [0.05, 0.1) is 6.04 Å². The number of carbonyl (C=O) groups is 1. The Morgan fingerprint density at radius 3 is 2.39 bits per heavy atom. The minimum absolute atomic E-state index is 0.00875. The van der Waals surface area contributed by atoms with Crippen LogP contribution < -0.4 is 5.73 Å². The van der Waals surface area contributed by atoms with Gasteiger partial charge in [0.25, 0.3) is 0 Å². The second-order valence-electron chi connectivity index (χ2n) is 5.81. The lowest BCUT2D eigenvalue weighted by molar-refractivity contribution is -0.136. The lowest BCUT2D eigenvalue weighted by Crippen LogP contribution is -2.53. The van der Waals surface area contributed by atoms with Gasteiger partial charge in [-0.1, -0.05) is 12.8 Å². The van der Waals surface area contributed by atoms with Gasteiger partial charge < -0.3 is 10.6 Å². The van der Waals surface area contributed by atoms with Crippen LogP contribution in [0.2, 0.25) is 0 Å². The molecule has 2 N–H and O–H groups in total. The number of nitrogens with zero attached hydrogens (tertiary/aromatic N) is 2. The highest BCUT2D eigenvalue weighted by molar-refractivity contribution is 5.81. The van der Waals surface area contributed by atoms with E-state index in [4.69, 9.17) is 5.73 Å². The SMILES string of the molecule is CC(C(=O)N1CCCCCC1)N1CCC[C@@H](N)C1. The van der Waals surface area contributed by atoms with Crippen molar-refractivity contribution in [3.8, 4) is 0 Å². The van der Waals surface area contributed by atoms with Gasteiger partial charge in [0.1, 0.15) is 0 Å². The summed E-state index contributed by atoms with van der Waals surface area (Å²) in [4.78, 5) is 16.8. The molecule has 0 radical (unpaired) electrons. The maximum atomic E-state index is 12.5. The second-order valence-corrected chi connectivity index (χ2v) is 5.81. The molecule has 1 unspecified atom stereocenters. The number of carbonyl (C=O) groups excluding carboxylic acids is 1. The molecule has 0 aromatic rings. The average Bonchev–Trinajstić information content (AvgIpc) is 2.66. The third-order valence-electron chi connectivity index (χ3n) is 4.31. The van der Waals surface area contributed by atoms with Gasteiger partial charge in [0.15, 0.2) is 0 Å². The largest absolute Gasteiger partial charge is 0.341 e. The van der Waals surface area contributed by atoms with Gasteiger partial charge >= 0.3 is 0 Å². The average molecular weight is 253 g/mol. The molecule has 18 heavy (non-hydrogen) atoms. The second kappa shape index (κ2) is 6.53. The molecule has 0 aromatic heterocycles. The highest BCUT2D eigenvalue weighted by Crippen LogP contribution is 2.16. The standard InChI is InChI=1S/C14H27N3O/c1-12(17-10-6-7-13(15)11-17)14(18)16-8-4-2-3-5-9-16/h12-13H,2-11,15H2,1H3/t12?,13-/m1/s1. The van der Waals surface area contributed by atoms with Gasteiger partial charge in [0, 0.05) is 25.7 Å². The summed E-state index contributed by atoms with van der Waals surface area (Å²) in [6, 6.07) is 0.257. The van der Waals surface area contributed by atoms with Gasteiger partial charge in [-0.25, -0.2) is 0 Å². The zero-order valence-electron chi connectivity index (χ0n) is 11.6. The maximum Gasteiger partial charge on any atom is 0.239 e. The summed E-state index contributed by atoms with van der Waals surface area (Å²) >= 11 is 0. The normalized spacial score (nSPS) is 28.8. The van der Waals surface area contributed by atoms with Crippen LogP contribution in [0.3, 0.4) is 0 Å². The number of hydrogen-bond donors (Lipinski definition) is 1. The number of rotatable bonds is 2. The van der Waals surface area contributed by atoms with E-state index < -0.39 is 0 Å². The first-order chi connectivity index (χ1) is 8.68. The zero-order valence-corrected chi connectivity index (χ0v) is 11.6. The molecule has 104 valence electrons. The van der Waals surface area contributed by atoms with E-state index in [1.807, 2.05) is 6.92 Å². The van der Waals surface area contributed by atoms with Crippen molar-refractivity contribution in [1.82, 2.24) is 9.80 Å². The van der Waals surface area contributed by atoms with Crippen molar-refractivity contribution in [2.24, 2.45) is 5.73 Å². The van der Waals surface area contributed by atoms with Crippen LogP contribution in [0, 0.1) is 0 Å².